The van der Waals surface area contributed by atoms with E-state index in [4.69, 9.17) is 4.74 Å². The molecule has 0 saturated carbocycles. The highest BCUT2D eigenvalue weighted by atomic mass is 16.6. The second kappa shape index (κ2) is 7.24. The summed E-state index contributed by atoms with van der Waals surface area (Å²) in [6.45, 7) is 4.05. The molecule has 0 N–H and O–H groups in total. The first-order valence-corrected chi connectivity index (χ1v) is 7.92. The molecular formula is C18H20N2O3. The van der Waals surface area contributed by atoms with Crippen molar-refractivity contribution >= 4 is 5.69 Å². The molecule has 0 aliphatic carbocycles. The van der Waals surface area contributed by atoms with Gasteiger partial charge in [-0.2, -0.15) is 0 Å². The first-order chi connectivity index (χ1) is 11.2. The van der Waals surface area contributed by atoms with Gasteiger partial charge in [-0.15, -0.1) is 0 Å². The minimum Gasteiger partial charge on any atom is -0.492 e. The Morgan fingerprint density at radius 3 is 2.09 bits per heavy atom. The van der Waals surface area contributed by atoms with E-state index in [9.17, 15) is 10.1 Å². The molecule has 0 atom stereocenters. The topological polar surface area (TPSA) is 55.6 Å². The molecule has 0 unspecified atom stereocenters. The highest BCUT2D eigenvalue weighted by Gasteiger charge is 2.10. The number of likely N-dealkylation sites (tertiary alicyclic amines) is 1. The SMILES string of the molecule is O=[N+]([O-])c1ccc(-c2ccc(OCCN3CCCC3)cc2)cc1. The first-order valence-electron chi connectivity index (χ1n) is 7.92. The van der Waals surface area contributed by atoms with Gasteiger partial charge in [0, 0.05) is 18.7 Å². The van der Waals surface area contributed by atoms with E-state index in [1.54, 1.807) is 12.1 Å². The average molecular weight is 312 g/mol. The summed E-state index contributed by atoms with van der Waals surface area (Å²) in [6, 6.07) is 14.4. The molecule has 23 heavy (non-hydrogen) atoms. The summed E-state index contributed by atoms with van der Waals surface area (Å²) in [6.07, 6.45) is 2.59. The van der Waals surface area contributed by atoms with Crippen molar-refractivity contribution in [1.29, 1.82) is 0 Å². The van der Waals surface area contributed by atoms with E-state index >= 15 is 0 Å². The Balaban J connectivity index is 1.56. The van der Waals surface area contributed by atoms with Gasteiger partial charge in [-0.25, -0.2) is 0 Å². The maximum Gasteiger partial charge on any atom is 0.269 e. The van der Waals surface area contributed by atoms with Gasteiger partial charge in [0.05, 0.1) is 4.92 Å². The second-order valence-corrected chi connectivity index (χ2v) is 5.73. The summed E-state index contributed by atoms with van der Waals surface area (Å²) < 4.78 is 5.78. The minimum absolute atomic E-state index is 0.107. The Morgan fingerprint density at radius 1 is 0.957 bits per heavy atom. The standard InChI is InChI=1S/C18H20N2O3/c21-20(22)17-7-3-15(4-8-17)16-5-9-18(10-6-16)23-14-13-19-11-1-2-12-19/h3-10H,1-2,11-14H2. The summed E-state index contributed by atoms with van der Waals surface area (Å²) >= 11 is 0. The fourth-order valence-electron chi connectivity index (χ4n) is 2.82. The number of benzene rings is 2. The molecule has 2 aromatic rings. The van der Waals surface area contributed by atoms with Gasteiger partial charge >= 0.3 is 0 Å². The number of nitro benzene ring substituents is 1. The molecule has 0 amide bonds. The highest BCUT2D eigenvalue weighted by Crippen LogP contribution is 2.24. The number of rotatable bonds is 6. The molecule has 1 aliphatic heterocycles. The molecule has 1 aliphatic rings. The van der Waals surface area contributed by atoms with Crippen LogP contribution in [0.3, 0.4) is 0 Å². The van der Waals surface area contributed by atoms with Crippen LogP contribution in [0.5, 0.6) is 5.75 Å². The van der Waals surface area contributed by atoms with Gasteiger partial charge in [-0.3, -0.25) is 15.0 Å². The summed E-state index contributed by atoms with van der Waals surface area (Å²) in [7, 11) is 0. The van der Waals surface area contributed by atoms with Crippen LogP contribution in [0.1, 0.15) is 12.8 Å². The number of hydrogen-bond donors (Lipinski definition) is 0. The van der Waals surface area contributed by atoms with Gasteiger partial charge < -0.3 is 4.74 Å². The van der Waals surface area contributed by atoms with Crippen molar-refractivity contribution in [2.24, 2.45) is 0 Å². The highest BCUT2D eigenvalue weighted by molar-refractivity contribution is 5.65. The molecule has 5 nitrogen and oxygen atoms in total. The van der Waals surface area contributed by atoms with E-state index in [-0.39, 0.29) is 10.6 Å². The lowest BCUT2D eigenvalue weighted by molar-refractivity contribution is -0.384. The molecule has 0 spiro atoms. The monoisotopic (exact) mass is 312 g/mol. The van der Waals surface area contributed by atoms with Crippen molar-refractivity contribution in [3.05, 3.63) is 58.6 Å². The predicted molar refractivity (Wildman–Crippen MR) is 89.7 cm³/mol. The van der Waals surface area contributed by atoms with Crippen LogP contribution in [-0.4, -0.2) is 36.1 Å². The predicted octanol–water partition coefficient (Wildman–Crippen LogP) is 3.74. The van der Waals surface area contributed by atoms with E-state index < -0.39 is 0 Å². The van der Waals surface area contributed by atoms with E-state index in [0.717, 1.165) is 23.4 Å². The molecule has 1 heterocycles. The maximum atomic E-state index is 10.7. The van der Waals surface area contributed by atoms with Crippen molar-refractivity contribution in [2.75, 3.05) is 26.2 Å². The third kappa shape index (κ3) is 4.07. The molecule has 0 radical (unpaired) electrons. The van der Waals surface area contributed by atoms with Gasteiger partial charge in [0.15, 0.2) is 0 Å². The number of hydrogen-bond acceptors (Lipinski definition) is 4. The van der Waals surface area contributed by atoms with Crippen LogP contribution in [0.2, 0.25) is 0 Å². The van der Waals surface area contributed by atoms with Gasteiger partial charge in [-0.05, 0) is 61.3 Å². The average Bonchev–Trinajstić information content (AvgIpc) is 3.09. The van der Waals surface area contributed by atoms with Gasteiger partial charge in [0.1, 0.15) is 12.4 Å². The molecule has 0 aromatic heterocycles. The Bertz CT molecular complexity index is 647. The number of nitrogens with zero attached hydrogens (tertiary/aromatic N) is 2. The third-order valence-electron chi connectivity index (χ3n) is 4.14. The van der Waals surface area contributed by atoms with E-state index in [1.165, 1.54) is 38.1 Å². The van der Waals surface area contributed by atoms with Gasteiger partial charge in [0.2, 0.25) is 0 Å². The third-order valence-corrected chi connectivity index (χ3v) is 4.14. The number of non-ortho nitro benzene ring substituents is 1. The molecule has 3 rings (SSSR count). The van der Waals surface area contributed by atoms with Crippen molar-refractivity contribution in [1.82, 2.24) is 4.90 Å². The van der Waals surface area contributed by atoms with Crippen molar-refractivity contribution < 1.29 is 9.66 Å². The molecule has 2 aromatic carbocycles. The second-order valence-electron chi connectivity index (χ2n) is 5.73. The fourth-order valence-corrected chi connectivity index (χ4v) is 2.82. The van der Waals surface area contributed by atoms with E-state index in [2.05, 4.69) is 4.90 Å². The summed E-state index contributed by atoms with van der Waals surface area (Å²) in [5.41, 5.74) is 2.08. The zero-order chi connectivity index (χ0) is 16.1. The largest absolute Gasteiger partial charge is 0.492 e. The molecule has 0 bridgehead atoms. The van der Waals surface area contributed by atoms with Gasteiger partial charge in [-0.1, -0.05) is 12.1 Å². The Hall–Kier alpha value is -2.40. The zero-order valence-electron chi connectivity index (χ0n) is 13.0. The van der Waals surface area contributed by atoms with Crippen LogP contribution in [-0.2, 0) is 0 Å². The summed E-state index contributed by atoms with van der Waals surface area (Å²) in [4.78, 5) is 12.7. The quantitative estimate of drug-likeness (QED) is 0.602. The minimum atomic E-state index is -0.388. The van der Waals surface area contributed by atoms with Crippen LogP contribution in [0.4, 0.5) is 5.69 Å². The van der Waals surface area contributed by atoms with E-state index in [1.807, 2.05) is 24.3 Å². The lowest BCUT2D eigenvalue weighted by Gasteiger charge is -2.15. The van der Waals surface area contributed by atoms with Crippen LogP contribution in [0, 0.1) is 10.1 Å². The Morgan fingerprint density at radius 2 is 1.52 bits per heavy atom. The molecular weight excluding hydrogens is 292 g/mol. The number of nitro groups is 1. The van der Waals surface area contributed by atoms with Gasteiger partial charge in [0.25, 0.3) is 5.69 Å². The zero-order valence-corrected chi connectivity index (χ0v) is 13.0. The van der Waals surface area contributed by atoms with Crippen molar-refractivity contribution in [2.45, 2.75) is 12.8 Å². The molecule has 120 valence electrons. The van der Waals surface area contributed by atoms with E-state index in [0.29, 0.717) is 6.61 Å². The van der Waals surface area contributed by atoms with Crippen molar-refractivity contribution in [3.8, 4) is 16.9 Å². The van der Waals surface area contributed by atoms with Crippen LogP contribution >= 0.6 is 0 Å². The Kier molecular flexibility index (Phi) is 4.88. The van der Waals surface area contributed by atoms with Crippen molar-refractivity contribution in [3.63, 3.8) is 0 Å². The smallest absolute Gasteiger partial charge is 0.269 e. The first kappa shape index (κ1) is 15.5. The molecule has 1 saturated heterocycles. The lowest BCUT2D eigenvalue weighted by atomic mass is 10.1. The maximum absolute atomic E-state index is 10.7. The van der Waals surface area contributed by atoms with Crippen LogP contribution in [0.25, 0.3) is 11.1 Å². The normalized spacial score (nSPS) is 14.8. The van der Waals surface area contributed by atoms with Crippen LogP contribution in [0.15, 0.2) is 48.5 Å². The molecule has 5 heteroatoms. The van der Waals surface area contributed by atoms with Crippen LogP contribution < -0.4 is 4.74 Å². The lowest BCUT2D eigenvalue weighted by Crippen LogP contribution is -2.25. The Labute approximate surface area is 135 Å². The fraction of sp³-hybridized carbons (Fsp3) is 0.333. The summed E-state index contributed by atoms with van der Waals surface area (Å²) in [5.74, 6) is 0.856. The molecule has 1 fully saturated rings. The number of ether oxygens (including phenoxy) is 1. The summed E-state index contributed by atoms with van der Waals surface area (Å²) in [5, 5.41) is 10.7.